The highest BCUT2D eigenvalue weighted by Gasteiger charge is 1.95. The smallest absolute Gasteiger partial charge is 0.00401 e. The van der Waals surface area contributed by atoms with Crippen molar-refractivity contribution >= 4 is 12.6 Å². The quantitative estimate of drug-likeness (QED) is 0.731. The summed E-state index contributed by atoms with van der Waals surface area (Å²) in [6, 6.07) is 8.37. The highest BCUT2D eigenvalue weighted by atomic mass is 32.1. The van der Waals surface area contributed by atoms with Crippen LogP contribution in [0.5, 0.6) is 0 Å². The summed E-state index contributed by atoms with van der Waals surface area (Å²) in [5.41, 5.74) is 1.40. The Labute approximate surface area is 88.2 Å². The summed E-state index contributed by atoms with van der Waals surface area (Å²) >= 11 is 4.22. The van der Waals surface area contributed by atoms with Crippen LogP contribution in [0.2, 0.25) is 0 Å². The first-order valence-corrected chi connectivity index (χ1v) is 4.41. The van der Waals surface area contributed by atoms with Gasteiger partial charge in [0.25, 0.3) is 0 Å². The van der Waals surface area contributed by atoms with Crippen LogP contribution in [0.3, 0.4) is 0 Å². The number of rotatable bonds is 2. The lowest BCUT2D eigenvalue weighted by Gasteiger charge is -2.03. The molecular formula is C10H17F3S. The van der Waals surface area contributed by atoms with Gasteiger partial charge in [0, 0.05) is 4.90 Å². The van der Waals surface area contributed by atoms with Gasteiger partial charge in [0.1, 0.15) is 0 Å². The van der Waals surface area contributed by atoms with Crippen LogP contribution >= 0.6 is 12.6 Å². The zero-order valence-corrected chi connectivity index (χ0v) is 9.16. The summed E-state index contributed by atoms with van der Waals surface area (Å²) < 4.78 is 0. The normalized spacial score (nSPS) is 8.29. The van der Waals surface area contributed by atoms with E-state index in [-0.39, 0.29) is 14.1 Å². The van der Waals surface area contributed by atoms with Crippen LogP contribution in [0.15, 0.2) is 29.2 Å². The summed E-state index contributed by atoms with van der Waals surface area (Å²) in [6.45, 7) is 4.46. The van der Waals surface area contributed by atoms with E-state index in [1.54, 1.807) is 0 Å². The zero-order chi connectivity index (χ0) is 8.27. The molecule has 0 atom stereocenters. The molecule has 0 saturated heterocycles. The maximum atomic E-state index is 4.22. The molecule has 0 bridgehead atoms. The third-order valence-electron chi connectivity index (χ3n) is 1.58. The monoisotopic (exact) mass is 226 g/mol. The fourth-order valence-electron chi connectivity index (χ4n) is 1.10. The molecule has 4 heteroatoms. The van der Waals surface area contributed by atoms with Gasteiger partial charge in [-0.15, -0.1) is 12.6 Å². The fraction of sp³-hybridized carbons (Fsp3) is 0.400. The molecule has 0 saturated carbocycles. The fourth-order valence-corrected chi connectivity index (χ4v) is 1.25. The molecule has 0 nitrogen and oxygen atoms in total. The van der Waals surface area contributed by atoms with Gasteiger partial charge in [-0.2, -0.15) is 0 Å². The van der Waals surface area contributed by atoms with Crippen LogP contribution in [0, 0.1) is 5.92 Å². The Morgan fingerprint density at radius 3 is 1.79 bits per heavy atom. The zero-order valence-electron chi connectivity index (χ0n) is 8.27. The predicted molar refractivity (Wildman–Crippen MR) is 59.7 cm³/mol. The van der Waals surface area contributed by atoms with Crippen molar-refractivity contribution in [2.24, 2.45) is 5.92 Å². The van der Waals surface area contributed by atoms with Gasteiger partial charge in [-0.25, -0.2) is 0 Å². The molecule has 0 aromatic heterocycles. The molecule has 0 heterocycles. The van der Waals surface area contributed by atoms with E-state index in [2.05, 4.69) is 38.6 Å². The largest absolute Gasteiger partial charge is 0.269 e. The lowest BCUT2D eigenvalue weighted by Crippen LogP contribution is -1.92. The second-order valence-electron chi connectivity index (χ2n) is 3.26. The van der Waals surface area contributed by atoms with Crippen molar-refractivity contribution in [1.29, 1.82) is 0 Å². The average molecular weight is 226 g/mol. The molecule has 0 N–H and O–H groups in total. The molecular weight excluding hydrogens is 209 g/mol. The number of hydrogen-bond acceptors (Lipinski definition) is 1. The van der Waals surface area contributed by atoms with Crippen LogP contribution in [0.1, 0.15) is 19.4 Å². The molecule has 0 aliphatic heterocycles. The van der Waals surface area contributed by atoms with E-state index in [9.17, 15) is 0 Å². The second kappa shape index (κ2) is 8.94. The SMILES string of the molecule is CC(C)Cc1ccc(S)cc1.F.F.F. The highest BCUT2D eigenvalue weighted by molar-refractivity contribution is 7.80. The van der Waals surface area contributed by atoms with Gasteiger partial charge < -0.3 is 0 Å². The first-order chi connectivity index (χ1) is 5.18. The van der Waals surface area contributed by atoms with E-state index in [0.717, 1.165) is 17.2 Å². The van der Waals surface area contributed by atoms with Crippen LogP contribution in [0.25, 0.3) is 0 Å². The van der Waals surface area contributed by atoms with Gasteiger partial charge in [-0.05, 0) is 30.0 Å². The van der Waals surface area contributed by atoms with Crippen LogP contribution < -0.4 is 0 Å². The number of halogens is 3. The van der Waals surface area contributed by atoms with Crippen LogP contribution in [-0.4, -0.2) is 0 Å². The Balaban J connectivity index is -0.000000403. The number of benzene rings is 1. The van der Waals surface area contributed by atoms with Crippen molar-refractivity contribution < 1.29 is 14.1 Å². The Bertz CT molecular complexity index is 221. The third kappa shape index (κ3) is 6.83. The molecule has 0 aliphatic rings. The summed E-state index contributed by atoms with van der Waals surface area (Å²) in [6.07, 6.45) is 1.16. The molecule has 0 spiro atoms. The lowest BCUT2D eigenvalue weighted by atomic mass is 10.0. The van der Waals surface area contributed by atoms with Gasteiger partial charge >= 0.3 is 0 Å². The topological polar surface area (TPSA) is 0 Å². The molecule has 0 radical (unpaired) electrons. The Morgan fingerprint density at radius 1 is 1.00 bits per heavy atom. The Kier molecular flexibility index (Phi) is 12.1. The van der Waals surface area contributed by atoms with Gasteiger partial charge in [0.15, 0.2) is 0 Å². The minimum absolute atomic E-state index is 0. The third-order valence-corrected chi connectivity index (χ3v) is 1.88. The molecule has 1 rings (SSSR count). The standard InChI is InChI=1S/C10H14S.3FH/c1-8(2)7-9-3-5-10(11)6-4-9;;;/h3-6,8,11H,7H2,1-2H3;3*1H. The summed E-state index contributed by atoms with van der Waals surface area (Å²) in [5, 5.41) is 0. The van der Waals surface area contributed by atoms with Gasteiger partial charge in [0.2, 0.25) is 0 Å². The summed E-state index contributed by atoms with van der Waals surface area (Å²) in [5.74, 6) is 0.737. The Hall–Kier alpha value is -0.640. The van der Waals surface area contributed by atoms with Crippen LogP contribution in [0.4, 0.5) is 14.1 Å². The molecule has 0 fully saturated rings. The van der Waals surface area contributed by atoms with Crippen molar-refractivity contribution in [3.63, 3.8) is 0 Å². The van der Waals surface area contributed by atoms with E-state index in [4.69, 9.17) is 0 Å². The molecule has 0 unspecified atom stereocenters. The first-order valence-electron chi connectivity index (χ1n) is 3.96. The van der Waals surface area contributed by atoms with Crippen LogP contribution in [-0.2, 0) is 6.42 Å². The van der Waals surface area contributed by atoms with E-state index in [1.165, 1.54) is 5.56 Å². The van der Waals surface area contributed by atoms with E-state index in [0.29, 0.717) is 0 Å². The maximum absolute atomic E-state index is 4.22. The van der Waals surface area contributed by atoms with E-state index >= 15 is 0 Å². The lowest BCUT2D eigenvalue weighted by molar-refractivity contribution is 0.647. The maximum Gasteiger partial charge on any atom is 0.00401 e. The molecule has 0 amide bonds. The highest BCUT2D eigenvalue weighted by Crippen LogP contribution is 2.11. The van der Waals surface area contributed by atoms with Crippen molar-refractivity contribution in [3.8, 4) is 0 Å². The molecule has 84 valence electrons. The first kappa shape index (κ1) is 19.0. The molecule has 1 aromatic carbocycles. The van der Waals surface area contributed by atoms with E-state index < -0.39 is 0 Å². The van der Waals surface area contributed by atoms with Gasteiger partial charge in [-0.3, -0.25) is 14.1 Å². The minimum atomic E-state index is 0. The van der Waals surface area contributed by atoms with Crippen molar-refractivity contribution in [2.75, 3.05) is 0 Å². The summed E-state index contributed by atoms with van der Waals surface area (Å²) in [7, 11) is 0. The summed E-state index contributed by atoms with van der Waals surface area (Å²) in [4.78, 5) is 1.04. The van der Waals surface area contributed by atoms with Crippen molar-refractivity contribution in [2.45, 2.75) is 25.2 Å². The van der Waals surface area contributed by atoms with Crippen molar-refractivity contribution in [3.05, 3.63) is 29.8 Å². The minimum Gasteiger partial charge on any atom is -0.269 e. The molecule has 14 heavy (non-hydrogen) atoms. The molecule has 0 aliphatic carbocycles. The predicted octanol–water partition coefficient (Wildman–Crippen LogP) is 3.63. The average Bonchev–Trinajstić information content (AvgIpc) is 1.93. The van der Waals surface area contributed by atoms with E-state index in [1.807, 2.05) is 12.1 Å². The van der Waals surface area contributed by atoms with Gasteiger partial charge in [0.05, 0.1) is 0 Å². The van der Waals surface area contributed by atoms with Gasteiger partial charge in [-0.1, -0.05) is 26.0 Å². The Morgan fingerprint density at radius 2 is 1.43 bits per heavy atom. The number of thiol groups is 1. The second-order valence-corrected chi connectivity index (χ2v) is 3.78. The number of hydrogen-bond donors (Lipinski definition) is 1. The van der Waals surface area contributed by atoms with Crippen molar-refractivity contribution in [1.82, 2.24) is 0 Å². The molecule has 1 aromatic rings.